The van der Waals surface area contributed by atoms with Crippen LogP contribution in [0.15, 0.2) is 40.9 Å². The molecule has 1 aliphatic carbocycles. The minimum atomic E-state index is 0.0630. The van der Waals surface area contributed by atoms with Crippen molar-refractivity contribution in [1.82, 2.24) is 0 Å². The molecular formula is C19H22N2O. The van der Waals surface area contributed by atoms with E-state index in [1.165, 1.54) is 11.3 Å². The lowest BCUT2D eigenvalue weighted by atomic mass is 9.99. The van der Waals surface area contributed by atoms with Crippen molar-refractivity contribution in [3.8, 4) is 0 Å². The predicted molar refractivity (Wildman–Crippen MR) is 92.4 cm³/mol. The Kier molecular flexibility index (Phi) is 3.32. The molecule has 0 aromatic heterocycles. The number of anilines is 1. The van der Waals surface area contributed by atoms with Gasteiger partial charge in [0.25, 0.3) is 0 Å². The van der Waals surface area contributed by atoms with Crippen LogP contribution >= 0.6 is 0 Å². The number of fused-ring (bicyclic) bond motifs is 1. The third-order valence-electron chi connectivity index (χ3n) is 4.70. The minimum Gasteiger partial charge on any atom is -0.369 e. The molecule has 22 heavy (non-hydrogen) atoms. The highest BCUT2D eigenvalue weighted by Gasteiger charge is 2.33. The molecule has 0 saturated heterocycles. The number of aliphatic imine (C=N–C) groups is 1. The van der Waals surface area contributed by atoms with Crippen LogP contribution in [0.1, 0.15) is 31.9 Å². The molecule has 0 spiro atoms. The molecule has 0 saturated carbocycles. The highest BCUT2D eigenvalue weighted by Crippen LogP contribution is 2.40. The number of carbonyl (C=O) groups excluding carboxylic acids is 1. The Hall–Kier alpha value is -2.16. The second-order valence-electron chi connectivity index (χ2n) is 6.88. The van der Waals surface area contributed by atoms with Crippen molar-refractivity contribution in [2.75, 3.05) is 11.9 Å². The number of nitrogens with zero attached hydrogens (tertiary/aromatic N) is 2. The summed E-state index contributed by atoms with van der Waals surface area (Å²) in [6.45, 7) is 8.44. The van der Waals surface area contributed by atoms with Gasteiger partial charge in [0.2, 0.25) is 0 Å². The van der Waals surface area contributed by atoms with Gasteiger partial charge in [0, 0.05) is 18.3 Å². The summed E-state index contributed by atoms with van der Waals surface area (Å²) in [7, 11) is 2.15. The summed E-state index contributed by atoms with van der Waals surface area (Å²) in [5.74, 6) is 0.0630. The van der Waals surface area contributed by atoms with E-state index in [1.807, 2.05) is 13.0 Å². The summed E-state index contributed by atoms with van der Waals surface area (Å²) < 4.78 is 0. The predicted octanol–water partition coefficient (Wildman–Crippen LogP) is 3.92. The molecule has 0 bridgehead atoms. The van der Waals surface area contributed by atoms with E-state index in [1.54, 1.807) is 12.2 Å². The minimum absolute atomic E-state index is 0.0630. The molecule has 0 radical (unpaired) electrons. The van der Waals surface area contributed by atoms with Crippen molar-refractivity contribution >= 4 is 22.9 Å². The van der Waals surface area contributed by atoms with Gasteiger partial charge < -0.3 is 4.90 Å². The van der Waals surface area contributed by atoms with Crippen LogP contribution in [0.3, 0.4) is 0 Å². The Bertz CT molecular complexity index is 751. The van der Waals surface area contributed by atoms with Crippen LogP contribution in [0.5, 0.6) is 0 Å². The monoisotopic (exact) mass is 294 g/mol. The van der Waals surface area contributed by atoms with Gasteiger partial charge in [0.05, 0.1) is 11.4 Å². The molecule has 114 valence electrons. The van der Waals surface area contributed by atoms with Gasteiger partial charge in [-0.3, -0.25) is 4.79 Å². The molecule has 3 heteroatoms. The highest BCUT2D eigenvalue weighted by molar-refractivity contribution is 6.19. The number of aryl methyl sites for hydroxylation is 1. The summed E-state index contributed by atoms with van der Waals surface area (Å²) in [5.41, 5.74) is 6.51. The Morgan fingerprint density at radius 3 is 2.59 bits per heavy atom. The average Bonchev–Trinajstić information content (AvgIpc) is 2.65. The summed E-state index contributed by atoms with van der Waals surface area (Å²) in [6, 6.07) is 4.41. The number of allylic oxidation sites excluding steroid dienone is 4. The van der Waals surface area contributed by atoms with Crippen LogP contribution in [0.2, 0.25) is 0 Å². The van der Waals surface area contributed by atoms with Crippen LogP contribution in [-0.2, 0) is 11.2 Å². The summed E-state index contributed by atoms with van der Waals surface area (Å²) in [5, 5.41) is 0. The average molecular weight is 294 g/mol. The molecule has 3 rings (SSSR count). The lowest BCUT2D eigenvalue weighted by molar-refractivity contribution is -0.111. The molecule has 0 unspecified atom stereocenters. The van der Waals surface area contributed by atoms with E-state index >= 15 is 0 Å². The molecule has 1 heterocycles. The zero-order valence-corrected chi connectivity index (χ0v) is 13.9. The van der Waals surface area contributed by atoms with Crippen LogP contribution in [0.4, 0.5) is 11.4 Å². The van der Waals surface area contributed by atoms with Crippen molar-refractivity contribution in [3.63, 3.8) is 0 Å². The molecule has 0 amide bonds. The van der Waals surface area contributed by atoms with Crippen LogP contribution in [-0.4, -0.2) is 24.1 Å². The number of likely N-dealkylation sites (N-methyl/N-ethyl adjacent to an activating group) is 1. The standard InChI is InChI=1S/C19H22N2O/c1-12-9-17-14(11-19(3,4)21(17)5)10-16(12)20-15-6-7-18(22)13(2)8-15/h6-10H,11H2,1-5H3. The maximum atomic E-state index is 11.5. The van der Waals surface area contributed by atoms with Gasteiger partial charge in [-0.1, -0.05) is 0 Å². The fraction of sp³-hybridized carbons (Fsp3) is 0.368. The van der Waals surface area contributed by atoms with Crippen molar-refractivity contribution < 1.29 is 4.79 Å². The Balaban J connectivity index is 2.02. The highest BCUT2D eigenvalue weighted by atomic mass is 16.1. The van der Waals surface area contributed by atoms with Gasteiger partial charge in [-0.05, 0) is 81.2 Å². The van der Waals surface area contributed by atoms with E-state index in [0.29, 0.717) is 0 Å². The number of carbonyl (C=O) groups is 1. The SMILES string of the molecule is CC1=CC(=Nc2cc3c(cc2C)N(C)C(C)(C)C3)C=CC1=O. The summed E-state index contributed by atoms with van der Waals surface area (Å²) >= 11 is 0. The lowest BCUT2D eigenvalue weighted by Gasteiger charge is -2.30. The number of benzene rings is 1. The lowest BCUT2D eigenvalue weighted by Crippen LogP contribution is -2.37. The molecule has 0 N–H and O–H groups in total. The maximum Gasteiger partial charge on any atom is 0.181 e. The second kappa shape index (κ2) is 4.94. The fourth-order valence-corrected chi connectivity index (χ4v) is 3.05. The van der Waals surface area contributed by atoms with Crippen molar-refractivity contribution in [1.29, 1.82) is 0 Å². The van der Waals surface area contributed by atoms with E-state index < -0.39 is 0 Å². The van der Waals surface area contributed by atoms with E-state index in [-0.39, 0.29) is 11.3 Å². The molecule has 3 nitrogen and oxygen atoms in total. The summed E-state index contributed by atoms with van der Waals surface area (Å²) in [6.07, 6.45) is 6.26. The number of hydrogen-bond acceptors (Lipinski definition) is 3. The zero-order valence-electron chi connectivity index (χ0n) is 13.9. The smallest absolute Gasteiger partial charge is 0.181 e. The third-order valence-corrected chi connectivity index (χ3v) is 4.70. The van der Waals surface area contributed by atoms with Gasteiger partial charge in [-0.25, -0.2) is 4.99 Å². The van der Waals surface area contributed by atoms with Gasteiger partial charge in [0.1, 0.15) is 0 Å². The van der Waals surface area contributed by atoms with Gasteiger partial charge in [0.15, 0.2) is 5.78 Å². The molecular weight excluding hydrogens is 272 g/mol. The van der Waals surface area contributed by atoms with Gasteiger partial charge in [-0.2, -0.15) is 0 Å². The largest absolute Gasteiger partial charge is 0.369 e. The number of rotatable bonds is 1. The zero-order chi connectivity index (χ0) is 16.1. The van der Waals surface area contributed by atoms with E-state index in [4.69, 9.17) is 4.99 Å². The molecule has 0 atom stereocenters. The van der Waals surface area contributed by atoms with Crippen LogP contribution in [0.25, 0.3) is 0 Å². The number of hydrogen-bond donors (Lipinski definition) is 0. The second-order valence-corrected chi connectivity index (χ2v) is 6.88. The van der Waals surface area contributed by atoms with Crippen molar-refractivity contribution in [2.24, 2.45) is 4.99 Å². The van der Waals surface area contributed by atoms with E-state index in [2.05, 4.69) is 44.9 Å². The molecule has 1 aromatic carbocycles. The molecule has 0 fully saturated rings. The molecule has 1 aromatic rings. The van der Waals surface area contributed by atoms with E-state index in [0.717, 1.165) is 29.0 Å². The third kappa shape index (κ3) is 2.41. The first-order valence-electron chi connectivity index (χ1n) is 7.65. The van der Waals surface area contributed by atoms with Crippen LogP contribution < -0.4 is 4.90 Å². The first kappa shape index (κ1) is 14.8. The Morgan fingerprint density at radius 1 is 1.18 bits per heavy atom. The topological polar surface area (TPSA) is 32.7 Å². The van der Waals surface area contributed by atoms with Crippen molar-refractivity contribution in [3.05, 3.63) is 47.1 Å². The first-order chi connectivity index (χ1) is 10.3. The van der Waals surface area contributed by atoms with Crippen molar-refractivity contribution in [2.45, 2.75) is 39.7 Å². The normalized spacial score (nSPS) is 21.3. The van der Waals surface area contributed by atoms with Gasteiger partial charge in [-0.15, -0.1) is 0 Å². The van der Waals surface area contributed by atoms with Crippen LogP contribution in [0, 0.1) is 6.92 Å². The molecule has 2 aliphatic rings. The molecule has 1 aliphatic heterocycles. The quantitative estimate of drug-likeness (QED) is 0.735. The van der Waals surface area contributed by atoms with Gasteiger partial charge >= 0.3 is 0 Å². The fourth-order valence-electron chi connectivity index (χ4n) is 3.05. The first-order valence-corrected chi connectivity index (χ1v) is 7.65. The van der Waals surface area contributed by atoms with E-state index in [9.17, 15) is 4.79 Å². The summed E-state index contributed by atoms with van der Waals surface area (Å²) in [4.78, 5) is 18.6. The number of ketones is 1. The Labute approximate surface area is 132 Å². The maximum absolute atomic E-state index is 11.5. The Morgan fingerprint density at radius 2 is 1.91 bits per heavy atom.